The first-order valence-corrected chi connectivity index (χ1v) is 7.47. The van der Waals surface area contributed by atoms with Crippen molar-refractivity contribution in [2.75, 3.05) is 11.9 Å². The Kier molecular flexibility index (Phi) is 4.62. The summed E-state index contributed by atoms with van der Waals surface area (Å²) in [7, 11) is 1.91. The maximum atomic E-state index is 12.0. The standard InChI is InChI=1S/C17H18N4O3/c1-21-8-7-18-16(21)12-4-2-5-13(10-12)20-17(23)19-11-14(22)15-6-3-9-24-15/h2-10,14,22H,11H2,1H3,(H2,19,20,23)/t14-/m1/s1. The van der Waals surface area contributed by atoms with E-state index in [1.54, 1.807) is 24.4 Å². The molecule has 124 valence electrons. The van der Waals surface area contributed by atoms with E-state index < -0.39 is 12.1 Å². The summed E-state index contributed by atoms with van der Waals surface area (Å²) in [6, 6.07) is 10.3. The number of imidazole rings is 1. The molecular formula is C17H18N4O3. The van der Waals surface area contributed by atoms with Crippen LogP contribution in [0.2, 0.25) is 0 Å². The van der Waals surface area contributed by atoms with Crippen molar-refractivity contribution in [2.45, 2.75) is 6.10 Å². The second-order valence-corrected chi connectivity index (χ2v) is 5.31. The van der Waals surface area contributed by atoms with Gasteiger partial charge in [0.25, 0.3) is 0 Å². The Morgan fingerprint density at radius 1 is 1.38 bits per heavy atom. The summed E-state index contributed by atoms with van der Waals surface area (Å²) in [5.74, 6) is 1.22. The smallest absolute Gasteiger partial charge is 0.319 e. The topological polar surface area (TPSA) is 92.3 Å². The number of rotatable bonds is 5. The molecule has 7 heteroatoms. The Balaban J connectivity index is 1.60. The summed E-state index contributed by atoms with van der Waals surface area (Å²) in [4.78, 5) is 16.3. The third-order valence-electron chi connectivity index (χ3n) is 3.53. The van der Waals surface area contributed by atoms with E-state index >= 15 is 0 Å². The number of urea groups is 1. The predicted molar refractivity (Wildman–Crippen MR) is 89.3 cm³/mol. The molecule has 3 N–H and O–H groups in total. The molecule has 0 unspecified atom stereocenters. The van der Waals surface area contributed by atoms with Gasteiger partial charge in [-0.15, -0.1) is 0 Å². The highest BCUT2D eigenvalue weighted by atomic mass is 16.4. The van der Waals surface area contributed by atoms with Gasteiger partial charge in [0, 0.05) is 30.7 Å². The van der Waals surface area contributed by atoms with E-state index in [-0.39, 0.29) is 6.54 Å². The highest BCUT2D eigenvalue weighted by Gasteiger charge is 2.12. The van der Waals surface area contributed by atoms with Crippen molar-refractivity contribution in [3.63, 3.8) is 0 Å². The molecular weight excluding hydrogens is 308 g/mol. The Morgan fingerprint density at radius 3 is 2.96 bits per heavy atom. The van der Waals surface area contributed by atoms with Gasteiger partial charge >= 0.3 is 6.03 Å². The fraction of sp³-hybridized carbons (Fsp3) is 0.176. The Morgan fingerprint density at radius 2 is 2.25 bits per heavy atom. The minimum absolute atomic E-state index is 0.0540. The lowest BCUT2D eigenvalue weighted by atomic mass is 10.2. The van der Waals surface area contributed by atoms with Gasteiger partial charge in [0.05, 0.1) is 12.8 Å². The zero-order chi connectivity index (χ0) is 16.9. The summed E-state index contributed by atoms with van der Waals surface area (Å²) < 4.78 is 6.98. The van der Waals surface area contributed by atoms with Crippen LogP contribution in [0.15, 0.2) is 59.5 Å². The van der Waals surface area contributed by atoms with E-state index in [1.807, 2.05) is 36.0 Å². The molecule has 0 saturated carbocycles. The quantitative estimate of drug-likeness (QED) is 0.672. The summed E-state index contributed by atoms with van der Waals surface area (Å²) in [6.45, 7) is 0.0540. The molecule has 0 aliphatic carbocycles. The Bertz CT molecular complexity index is 811. The van der Waals surface area contributed by atoms with Crippen molar-refractivity contribution in [3.05, 3.63) is 60.8 Å². The normalized spacial score (nSPS) is 11.9. The molecule has 0 saturated heterocycles. The van der Waals surface area contributed by atoms with Crippen LogP contribution in [0.4, 0.5) is 10.5 Å². The van der Waals surface area contributed by atoms with Gasteiger partial charge in [0.1, 0.15) is 17.7 Å². The molecule has 2 aromatic heterocycles. The SMILES string of the molecule is Cn1ccnc1-c1cccc(NC(=O)NC[C@@H](O)c2ccco2)c1. The number of carbonyl (C=O) groups excluding carboxylic acids is 1. The first kappa shape index (κ1) is 15.8. The van der Waals surface area contributed by atoms with E-state index in [1.165, 1.54) is 6.26 Å². The maximum Gasteiger partial charge on any atom is 0.319 e. The summed E-state index contributed by atoms with van der Waals surface area (Å²) >= 11 is 0. The fourth-order valence-electron chi connectivity index (χ4n) is 2.33. The minimum atomic E-state index is -0.885. The van der Waals surface area contributed by atoms with Gasteiger partial charge in [-0.3, -0.25) is 0 Å². The van der Waals surface area contributed by atoms with Crippen LogP contribution in [0, 0.1) is 0 Å². The number of amides is 2. The number of benzene rings is 1. The van der Waals surface area contributed by atoms with Gasteiger partial charge in [-0.25, -0.2) is 9.78 Å². The van der Waals surface area contributed by atoms with Crippen LogP contribution < -0.4 is 10.6 Å². The minimum Gasteiger partial charge on any atom is -0.467 e. The van der Waals surface area contributed by atoms with Crippen LogP contribution >= 0.6 is 0 Å². The number of aliphatic hydroxyl groups is 1. The molecule has 3 rings (SSSR count). The fourth-order valence-corrected chi connectivity index (χ4v) is 2.33. The van der Waals surface area contributed by atoms with E-state index in [0.29, 0.717) is 11.4 Å². The molecule has 2 amide bonds. The molecule has 0 spiro atoms. The monoisotopic (exact) mass is 326 g/mol. The third-order valence-corrected chi connectivity index (χ3v) is 3.53. The lowest BCUT2D eigenvalue weighted by molar-refractivity contribution is 0.149. The second-order valence-electron chi connectivity index (χ2n) is 5.31. The van der Waals surface area contributed by atoms with E-state index in [4.69, 9.17) is 4.42 Å². The predicted octanol–water partition coefficient (Wildman–Crippen LogP) is 2.54. The van der Waals surface area contributed by atoms with Gasteiger partial charge < -0.3 is 24.7 Å². The van der Waals surface area contributed by atoms with Crippen molar-refractivity contribution >= 4 is 11.7 Å². The summed E-state index contributed by atoms with van der Waals surface area (Å²) in [5.41, 5.74) is 1.54. The van der Waals surface area contributed by atoms with Gasteiger partial charge in [0.15, 0.2) is 0 Å². The molecule has 1 atom stereocenters. The number of aromatic nitrogens is 2. The number of aryl methyl sites for hydroxylation is 1. The van der Waals surface area contributed by atoms with Gasteiger partial charge in [-0.2, -0.15) is 0 Å². The molecule has 3 aromatic rings. The van der Waals surface area contributed by atoms with Crippen molar-refractivity contribution < 1.29 is 14.3 Å². The molecule has 7 nitrogen and oxygen atoms in total. The van der Waals surface area contributed by atoms with Gasteiger partial charge in [-0.05, 0) is 24.3 Å². The first-order valence-electron chi connectivity index (χ1n) is 7.47. The Labute approximate surface area is 138 Å². The number of hydrogen-bond donors (Lipinski definition) is 3. The number of carbonyl (C=O) groups is 1. The van der Waals surface area contributed by atoms with Crippen LogP contribution in [0.5, 0.6) is 0 Å². The zero-order valence-electron chi connectivity index (χ0n) is 13.1. The molecule has 0 aliphatic rings. The number of furan rings is 1. The molecule has 1 aromatic carbocycles. The lowest BCUT2D eigenvalue weighted by Gasteiger charge is -2.11. The van der Waals surface area contributed by atoms with E-state index in [9.17, 15) is 9.90 Å². The highest BCUT2D eigenvalue weighted by molar-refractivity contribution is 5.89. The maximum absolute atomic E-state index is 12.0. The van der Waals surface area contributed by atoms with E-state index in [0.717, 1.165) is 11.4 Å². The van der Waals surface area contributed by atoms with Gasteiger partial charge in [0.2, 0.25) is 0 Å². The molecule has 0 aliphatic heterocycles. The van der Waals surface area contributed by atoms with Crippen LogP contribution in [0.1, 0.15) is 11.9 Å². The molecule has 0 bridgehead atoms. The first-order chi connectivity index (χ1) is 11.6. The molecule has 0 fully saturated rings. The number of nitrogens with one attached hydrogen (secondary N) is 2. The van der Waals surface area contributed by atoms with Crippen molar-refractivity contribution in [2.24, 2.45) is 7.05 Å². The number of anilines is 1. The van der Waals surface area contributed by atoms with Crippen molar-refractivity contribution in [1.29, 1.82) is 0 Å². The molecule has 0 radical (unpaired) electrons. The average Bonchev–Trinajstić information content (AvgIpc) is 3.24. The summed E-state index contributed by atoms with van der Waals surface area (Å²) in [5, 5.41) is 15.2. The number of aliphatic hydroxyl groups excluding tert-OH is 1. The van der Waals surface area contributed by atoms with Crippen LogP contribution in [-0.2, 0) is 7.05 Å². The van der Waals surface area contributed by atoms with Crippen LogP contribution in [-0.4, -0.2) is 27.2 Å². The second kappa shape index (κ2) is 7.01. The number of hydrogen-bond acceptors (Lipinski definition) is 4. The number of nitrogens with zero attached hydrogens (tertiary/aromatic N) is 2. The molecule has 2 heterocycles. The Hall–Kier alpha value is -3.06. The lowest BCUT2D eigenvalue weighted by Crippen LogP contribution is -2.32. The van der Waals surface area contributed by atoms with Crippen molar-refractivity contribution in [3.8, 4) is 11.4 Å². The molecule has 24 heavy (non-hydrogen) atoms. The average molecular weight is 326 g/mol. The highest BCUT2D eigenvalue weighted by Crippen LogP contribution is 2.20. The van der Waals surface area contributed by atoms with Crippen molar-refractivity contribution in [1.82, 2.24) is 14.9 Å². The largest absolute Gasteiger partial charge is 0.467 e. The van der Waals surface area contributed by atoms with E-state index in [2.05, 4.69) is 15.6 Å². The zero-order valence-corrected chi connectivity index (χ0v) is 13.1. The van der Waals surface area contributed by atoms with Crippen LogP contribution in [0.25, 0.3) is 11.4 Å². The van der Waals surface area contributed by atoms with Gasteiger partial charge in [-0.1, -0.05) is 12.1 Å². The van der Waals surface area contributed by atoms with Crippen LogP contribution in [0.3, 0.4) is 0 Å². The summed E-state index contributed by atoms with van der Waals surface area (Å²) in [6.07, 6.45) is 4.17. The third kappa shape index (κ3) is 3.64.